The van der Waals surface area contributed by atoms with Gasteiger partial charge in [-0.3, -0.25) is 0 Å². The molecule has 3 nitrogen and oxygen atoms in total. The summed E-state index contributed by atoms with van der Waals surface area (Å²) in [5, 5.41) is 10.2. The summed E-state index contributed by atoms with van der Waals surface area (Å²) in [6.07, 6.45) is 7.61. The Bertz CT molecular complexity index is 181. The van der Waals surface area contributed by atoms with E-state index in [9.17, 15) is 5.11 Å². The summed E-state index contributed by atoms with van der Waals surface area (Å²) in [5.74, 6) is 0. The van der Waals surface area contributed by atoms with Gasteiger partial charge in [-0.15, -0.1) is 0 Å². The van der Waals surface area contributed by atoms with Crippen LogP contribution in [-0.4, -0.2) is 36.6 Å². The zero-order valence-electron chi connectivity index (χ0n) is 9.41. The smallest absolute Gasteiger partial charge is 0.0691 e. The van der Waals surface area contributed by atoms with Crippen LogP contribution in [0, 0.1) is 0 Å². The SMILES string of the molecule is OC1(CCCC2CCCO2)CCOCC1. The highest BCUT2D eigenvalue weighted by molar-refractivity contribution is 4.81. The zero-order chi connectivity index (χ0) is 10.6. The molecule has 0 spiro atoms. The molecule has 0 amide bonds. The van der Waals surface area contributed by atoms with Crippen molar-refractivity contribution < 1.29 is 14.6 Å². The van der Waals surface area contributed by atoms with E-state index in [4.69, 9.17) is 9.47 Å². The van der Waals surface area contributed by atoms with E-state index in [1.54, 1.807) is 0 Å². The molecule has 0 bridgehead atoms. The van der Waals surface area contributed by atoms with Gasteiger partial charge in [0.25, 0.3) is 0 Å². The highest BCUT2D eigenvalue weighted by atomic mass is 16.5. The van der Waals surface area contributed by atoms with Crippen molar-refractivity contribution in [3.8, 4) is 0 Å². The fraction of sp³-hybridized carbons (Fsp3) is 1.00. The Labute approximate surface area is 91.8 Å². The molecule has 2 saturated heterocycles. The fourth-order valence-electron chi connectivity index (χ4n) is 2.53. The second kappa shape index (κ2) is 5.28. The van der Waals surface area contributed by atoms with Crippen LogP contribution < -0.4 is 0 Å². The molecule has 0 aromatic rings. The van der Waals surface area contributed by atoms with E-state index in [0.29, 0.717) is 6.10 Å². The zero-order valence-corrected chi connectivity index (χ0v) is 9.41. The van der Waals surface area contributed by atoms with E-state index in [0.717, 1.165) is 51.9 Å². The maximum Gasteiger partial charge on any atom is 0.0691 e. The largest absolute Gasteiger partial charge is 0.390 e. The normalized spacial score (nSPS) is 30.6. The lowest BCUT2D eigenvalue weighted by Gasteiger charge is -2.32. The van der Waals surface area contributed by atoms with Gasteiger partial charge in [0.05, 0.1) is 11.7 Å². The average Bonchev–Trinajstić information content (AvgIpc) is 2.71. The molecule has 2 heterocycles. The number of ether oxygens (including phenoxy) is 2. The van der Waals surface area contributed by atoms with E-state index < -0.39 is 5.60 Å². The van der Waals surface area contributed by atoms with Crippen molar-refractivity contribution in [3.63, 3.8) is 0 Å². The van der Waals surface area contributed by atoms with Crippen LogP contribution in [-0.2, 0) is 9.47 Å². The Morgan fingerprint density at radius 2 is 2.00 bits per heavy atom. The lowest BCUT2D eigenvalue weighted by molar-refractivity contribution is -0.0702. The first-order valence-corrected chi connectivity index (χ1v) is 6.20. The number of hydrogen-bond acceptors (Lipinski definition) is 3. The van der Waals surface area contributed by atoms with Gasteiger partial charge in [0.2, 0.25) is 0 Å². The molecule has 1 N–H and O–H groups in total. The van der Waals surface area contributed by atoms with Gasteiger partial charge in [0, 0.05) is 19.8 Å². The van der Waals surface area contributed by atoms with Gasteiger partial charge in [0.15, 0.2) is 0 Å². The third kappa shape index (κ3) is 3.44. The van der Waals surface area contributed by atoms with Crippen LogP contribution >= 0.6 is 0 Å². The predicted molar refractivity (Wildman–Crippen MR) is 57.8 cm³/mol. The molecule has 88 valence electrons. The van der Waals surface area contributed by atoms with Crippen molar-refractivity contribution >= 4 is 0 Å². The first-order chi connectivity index (χ1) is 7.29. The fourth-order valence-corrected chi connectivity index (χ4v) is 2.53. The second-order valence-electron chi connectivity index (χ2n) is 4.86. The Morgan fingerprint density at radius 3 is 2.67 bits per heavy atom. The minimum atomic E-state index is -0.448. The quantitative estimate of drug-likeness (QED) is 0.776. The molecule has 2 aliphatic heterocycles. The summed E-state index contributed by atoms with van der Waals surface area (Å²) >= 11 is 0. The van der Waals surface area contributed by atoms with Crippen LogP contribution in [0.3, 0.4) is 0 Å². The molecule has 0 aromatic carbocycles. The van der Waals surface area contributed by atoms with Crippen LogP contribution in [0.25, 0.3) is 0 Å². The summed E-state index contributed by atoms with van der Waals surface area (Å²) in [4.78, 5) is 0. The van der Waals surface area contributed by atoms with Crippen LogP contribution in [0.2, 0.25) is 0 Å². The summed E-state index contributed by atoms with van der Waals surface area (Å²) in [5.41, 5.74) is -0.448. The number of aliphatic hydroxyl groups is 1. The van der Waals surface area contributed by atoms with Crippen LogP contribution in [0.4, 0.5) is 0 Å². The molecule has 15 heavy (non-hydrogen) atoms. The van der Waals surface area contributed by atoms with Gasteiger partial charge in [-0.05, 0) is 44.9 Å². The van der Waals surface area contributed by atoms with E-state index in [1.165, 1.54) is 12.8 Å². The third-order valence-electron chi connectivity index (χ3n) is 3.62. The molecule has 2 aliphatic rings. The van der Waals surface area contributed by atoms with Gasteiger partial charge < -0.3 is 14.6 Å². The van der Waals surface area contributed by atoms with Crippen LogP contribution in [0.5, 0.6) is 0 Å². The Kier molecular flexibility index (Phi) is 4.00. The Hall–Kier alpha value is -0.120. The van der Waals surface area contributed by atoms with E-state index in [-0.39, 0.29) is 0 Å². The summed E-state index contributed by atoms with van der Waals surface area (Å²) in [7, 11) is 0. The van der Waals surface area contributed by atoms with Crippen molar-refractivity contribution in [2.45, 2.75) is 56.7 Å². The molecule has 0 aromatic heterocycles. The molecule has 3 heteroatoms. The molecule has 0 saturated carbocycles. The van der Waals surface area contributed by atoms with Crippen molar-refractivity contribution in [1.29, 1.82) is 0 Å². The van der Waals surface area contributed by atoms with Gasteiger partial charge in [-0.1, -0.05) is 0 Å². The second-order valence-corrected chi connectivity index (χ2v) is 4.86. The molecule has 1 unspecified atom stereocenters. The van der Waals surface area contributed by atoms with E-state index in [1.807, 2.05) is 0 Å². The Morgan fingerprint density at radius 1 is 1.20 bits per heavy atom. The summed E-state index contributed by atoms with van der Waals surface area (Å²) < 4.78 is 10.8. The van der Waals surface area contributed by atoms with Crippen LogP contribution in [0.1, 0.15) is 44.9 Å². The van der Waals surface area contributed by atoms with Crippen molar-refractivity contribution in [2.75, 3.05) is 19.8 Å². The van der Waals surface area contributed by atoms with Gasteiger partial charge in [-0.25, -0.2) is 0 Å². The average molecular weight is 214 g/mol. The van der Waals surface area contributed by atoms with Crippen molar-refractivity contribution in [1.82, 2.24) is 0 Å². The Balaban J connectivity index is 1.63. The molecule has 0 aliphatic carbocycles. The number of hydrogen-bond donors (Lipinski definition) is 1. The summed E-state index contributed by atoms with van der Waals surface area (Å²) in [6.45, 7) is 2.37. The maximum atomic E-state index is 10.2. The lowest BCUT2D eigenvalue weighted by Crippen LogP contribution is -2.36. The molecule has 2 rings (SSSR count). The predicted octanol–water partition coefficient (Wildman–Crippen LogP) is 1.88. The highest BCUT2D eigenvalue weighted by Crippen LogP contribution is 2.27. The van der Waals surface area contributed by atoms with Gasteiger partial charge >= 0.3 is 0 Å². The maximum absolute atomic E-state index is 10.2. The van der Waals surface area contributed by atoms with Gasteiger partial charge in [0.1, 0.15) is 0 Å². The molecular weight excluding hydrogens is 192 g/mol. The van der Waals surface area contributed by atoms with E-state index >= 15 is 0 Å². The van der Waals surface area contributed by atoms with Crippen molar-refractivity contribution in [3.05, 3.63) is 0 Å². The number of rotatable bonds is 4. The minimum Gasteiger partial charge on any atom is -0.390 e. The topological polar surface area (TPSA) is 38.7 Å². The third-order valence-corrected chi connectivity index (χ3v) is 3.62. The monoisotopic (exact) mass is 214 g/mol. The highest BCUT2D eigenvalue weighted by Gasteiger charge is 2.29. The minimum absolute atomic E-state index is 0.448. The first-order valence-electron chi connectivity index (χ1n) is 6.20. The molecule has 2 fully saturated rings. The van der Waals surface area contributed by atoms with E-state index in [2.05, 4.69) is 0 Å². The lowest BCUT2D eigenvalue weighted by atomic mass is 9.88. The van der Waals surface area contributed by atoms with Crippen LogP contribution in [0.15, 0.2) is 0 Å². The summed E-state index contributed by atoms with van der Waals surface area (Å²) in [6, 6.07) is 0. The molecular formula is C12H22O3. The standard InChI is InChI=1S/C12H22O3/c13-12(6-9-14-10-7-12)5-1-3-11-4-2-8-15-11/h11,13H,1-10H2. The molecule has 1 atom stereocenters. The molecule has 0 radical (unpaired) electrons. The first kappa shape index (κ1) is 11.4. The van der Waals surface area contributed by atoms with Crippen molar-refractivity contribution in [2.24, 2.45) is 0 Å². The van der Waals surface area contributed by atoms with Gasteiger partial charge in [-0.2, -0.15) is 0 Å².